The molecule has 2 heterocycles. The number of ether oxygens (including phenoxy) is 1. The van der Waals surface area contributed by atoms with E-state index in [4.69, 9.17) is 9.73 Å². The van der Waals surface area contributed by atoms with Crippen LogP contribution in [0.5, 0.6) is 0 Å². The maximum absolute atomic E-state index is 14.4. The smallest absolute Gasteiger partial charge is 0.237 e. The molecule has 0 bridgehead atoms. The third-order valence-electron chi connectivity index (χ3n) is 12.5. The maximum atomic E-state index is 14.4. The van der Waals surface area contributed by atoms with Gasteiger partial charge in [-0.1, -0.05) is 146 Å². The summed E-state index contributed by atoms with van der Waals surface area (Å²) in [5.41, 5.74) is 6.34. The standard InChI is InChI=1S/C38H52FN3O.C7H15F.C7H14O.C4H10/c1-10-16-34(33(39)15-6)41-28(9)27(8)35(40-21-13-4)22-26(7)30-17-18-32-36(25-30)42(31-23-29(14-5)24-31)37(43)38(32,19-11-2)20-12-3;1-3-5-6-7(8)4-2;1-3-6(2)7-4-8-5-7;1-4(2)3/h10,15-18,21-22,25,29,31,41H,6-7,11-14,19-20,23-24H2,1-5,8-9H3;7H,3-6H2,1-2H3;6-7H,3-5H2,1-2H3;4H,1-3H3/b16-10-,28-27+,34-33-,35-22+,40-21?;;;. The van der Waals surface area contributed by atoms with Gasteiger partial charge in [-0.05, 0) is 130 Å². The minimum Gasteiger partial charge on any atom is -0.381 e. The Morgan fingerprint density at radius 3 is 2.06 bits per heavy atom. The first-order valence-electron chi connectivity index (χ1n) is 24.7. The number of hydrogen-bond donors (Lipinski definition) is 1. The van der Waals surface area contributed by atoms with E-state index in [0.29, 0.717) is 18.0 Å². The van der Waals surface area contributed by atoms with Crippen LogP contribution in [-0.2, 0) is 14.9 Å². The summed E-state index contributed by atoms with van der Waals surface area (Å²) < 4.78 is 31.8. The van der Waals surface area contributed by atoms with Crippen LogP contribution in [0.15, 0.2) is 89.1 Å². The molecule has 356 valence electrons. The number of nitrogens with zero attached hydrogens (tertiary/aromatic N) is 2. The molecule has 1 aromatic carbocycles. The van der Waals surface area contributed by atoms with E-state index >= 15 is 0 Å². The average molecular weight is 876 g/mol. The first-order valence-corrected chi connectivity index (χ1v) is 24.7. The second-order valence-electron chi connectivity index (χ2n) is 18.6. The molecule has 5 nitrogen and oxygen atoms in total. The molecular formula is C56H91F2N3O2. The highest BCUT2D eigenvalue weighted by atomic mass is 19.1. The molecule has 0 radical (unpaired) electrons. The van der Waals surface area contributed by atoms with Crippen LogP contribution in [0.25, 0.3) is 5.57 Å². The average Bonchev–Trinajstić information content (AvgIpc) is 3.45. The Balaban J connectivity index is 0.000000811. The van der Waals surface area contributed by atoms with Gasteiger partial charge < -0.3 is 15.0 Å². The number of alkyl halides is 1. The van der Waals surface area contributed by atoms with E-state index in [9.17, 15) is 13.6 Å². The molecular weight excluding hydrogens is 785 g/mol. The van der Waals surface area contributed by atoms with Gasteiger partial charge in [0.1, 0.15) is 5.83 Å². The van der Waals surface area contributed by atoms with Gasteiger partial charge in [-0.15, -0.1) is 0 Å². The zero-order valence-corrected chi connectivity index (χ0v) is 42.6. The molecule has 3 aliphatic rings. The van der Waals surface area contributed by atoms with Crippen molar-refractivity contribution in [3.63, 3.8) is 0 Å². The highest BCUT2D eigenvalue weighted by Gasteiger charge is 2.53. The quantitative estimate of drug-likeness (QED) is 0.0989. The molecule has 0 aromatic heterocycles. The predicted octanol–water partition coefficient (Wildman–Crippen LogP) is 16.5. The molecule has 1 N–H and O–H groups in total. The van der Waals surface area contributed by atoms with Gasteiger partial charge in [0.05, 0.1) is 36.2 Å². The van der Waals surface area contributed by atoms with Crippen molar-refractivity contribution >= 4 is 23.4 Å². The first-order chi connectivity index (χ1) is 30.0. The second-order valence-corrected chi connectivity index (χ2v) is 18.6. The fourth-order valence-corrected chi connectivity index (χ4v) is 8.03. The molecule has 1 aromatic rings. The summed E-state index contributed by atoms with van der Waals surface area (Å²) >= 11 is 0. The number of amides is 1. The number of allylic oxidation sites excluding steroid dienone is 8. The van der Waals surface area contributed by atoms with Crippen LogP contribution in [0.4, 0.5) is 14.5 Å². The van der Waals surface area contributed by atoms with Gasteiger partial charge in [0.15, 0.2) is 0 Å². The van der Waals surface area contributed by atoms with Crippen molar-refractivity contribution in [1.82, 2.24) is 5.32 Å². The largest absolute Gasteiger partial charge is 0.381 e. The van der Waals surface area contributed by atoms with Gasteiger partial charge in [-0.3, -0.25) is 9.79 Å². The van der Waals surface area contributed by atoms with Crippen LogP contribution < -0.4 is 10.2 Å². The molecule has 1 aliphatic carbocycles. The molecule has 63 heavy (non-hydrogen) atoms. The zero-order valence-electron chi connectivity index (χ0n) is 42.6. The Labute approximate surface area is 385 Å². The van der Waals surface area contributed by atoms with Gasteiger partial charge in [0.2, 0.25) is 5.91 Å². The fraction of sp³-hybridized carbons (Fsp3) is 0.643. The van der Waals surface area contributed by atoms with Crippen LogP contribution in [0.3, 0.4) is 0 Å². The number of hydrogen-bond acceptors (Lipinski definition) is 4. The van der Waals surface area contributed by atoms with Crippen LogP contribution >= 0.6 is 0 Å². The number of anilines is 1. The molecule has 1 saturated heterocycles. The van der Waals surface area contributed by atoms with Crippen molar-refractivity contribution in [2.24, 2.45) is 28.7 Å². The lowest BCUT2D eigenvalue weighted by Gasteiger charge is -2.42. The van der Waals surface area contributed by atoms with Crippen LogP contribution in [0, 0.1) is 23.7 Å². The lowest BCUT2D eigenvalue weighted by atomic mass is 9.73. The first kappa shape index (κ1) is 57.4. The summed E-state index contributed by atoms with van der Waals surface area (Å²) in [5.74, 6) is 3.15. The number of halogens is 2. The van der Waals surface area contributed by atoms with Crippen LogP contribution in [-0.4, -0.2) is 37.5 Å². The van der Waals surface area contributed by atoms with E-state index in [1.54, 1.807) is 12.2 Å². The fourth-order valence-electron chi connectivity index (χ4n) is 8.03. The van der Waals surface area contributed by atoms with Crippen molar-refractivity contribution < 1.29 is 18.3 Å². The molecule has 2 unspecified atom stereocenters. The maximum Gasteiger partial charge on any atom is 0.237 e. The van der Waals surface area contributed by atoms with Crippen LogP contribution in [0.1, 0.15) is 192 Å². The van der Waals surface area contributed by atoms with Gasteiger partial charge in [0.25, 0.3) is 0 Å². The summed E-state index contributed by atoms with van der Waals surface area (Å²) in [5, 5.41) is 3.19. The molecule has 1 amide bonds. The predicted molar refractivity (Wildman–Crippen MR) is 272 cm³/mol. The number of fused-ring (bicyclic) bond motifs is 1. The van der Waals surface area contributed by atoms with E-state index in [1.807, 2.05) is 46.9 Å². The van der Waals surface area contributed by atoms with E-state index in [1.165, 1.54) is 18.1 Å². The SMILES string of the molecule is C=C/C(F)=C(\C=C/C)N/C(C)=C(C)/C(=C\C(=C)c1ccc2c(c1)N(C1CC(CC)C1)C(=O)C2(CCC)CCC)N=CCC.CC(C)C.CCC(C)C1COC1.CCCCC(F)CC. The Hall–Kier alpha value is -3.58. The van der Waals surface area contributed by atoms with Gasteiger partial charge in [-0.2, -0.15) is 0 Å². The van der Waals surface area contributed by atoms with Gasteiger partial charge in [-0.25, -0.2) is 8.78 Å². The number of aliphatic imine (C=N–C) groups is 1. The zero-order chi connectivity index (χ0) is 47.7. The van der Waals surface area contributed by atoms with Gasteiger partial charge >= 0.3 is 0 Å². The number of benzene rings is 1. The summed E-state index contributed by atoms with van der Waals surface area (Å²) in [6.07, 6.45) is 20.6. The molecule has 2 atom stereocenters. The highest BCUT2D eigenvalue weighted by Crippen LogP contribution is 2.52. The van der Waals surface area contributed by atoms with Crippen molar-refractivity contribution in [2.45, 2.75) is 198 Å². The number of nitrogens with one attached hydrogen (secondary N) is 1. The van der Waals surface area contributed by atoms with Crippen LogP contribution in [0.2, 0.25) is 0 Å². The van der Waals surface area contributed by atoms with E-state index in [-0.39, 0.29) is 11.9 Å². The lowest BCUT2D eigenvalue weighted by Crippen LogP contribution is -2.50. The van der Waals surface area contributed by atoms with E-state index in [0.717, 1.165) is 135 Å². The Bertz CT molecular complexity index is 1680. The molecule has 7 heteroatoms. The van der Waals surface area contributed by atoms with Crippen molar-refractivity contribution in [3.05, 3.63) is 95.3 Å². The highest BCUT2D eigenvalue weighted by molar-refractivity contribution is 6.09. The Morgan fingerprint density at radius 2 is 1.62 bits per heavy atom. The summed E-state index contributed by atoms with van der Waals surface area (Å²) in [6.45, 7) is 39.4. The minimum absolute atomic E-state index is 0.268. The van der Waals surface area contributed by atoms with Crippen molar-refractivity contribution in [2.75, 3.05) is 18.1 Å². The summed E-state index contributed by atoms with van der Waals surface area (Å²) in [4.78, 5) is 21.2. The monoisotopic (exact) mass is 876 g/mol. The number of rotatable bonds is 21. The van der Waals surface area contributed by atoms with Crippen molar-refractivity contribution in [1.29, 1.82) is 0 Å². The van der Waals surface area contributed by atoms with E-state index in [2.05, 4.69) is 104 Å². The number of carbonyl (C=O) groups is 1. The van der Waals surface area contributed by atoms with Crippen molar-refractivity contribution in [3.8, 4) is 0 Å². The molecule has 2 aliphatic heterocycles. The number of carbonyl (C=O) groups excluding carboxylic acids is 1. The third-order valence-corrected chi connectivity index (χ3v) is 12.5. The van der Waals surface area contributed by atoms with E-state index < -0.39 is 17.4 Å². The molecule has 4 rings (SSSR count). The number of unbranched alkanes of at least 4 members (excludes halogenated alkanes) is 1. The van der Waals surface area contributed by atoms with Gasteiger partial charge in [0, 0.05) is 29.6 Å². The normalized spacial score (nSPS) is 19.9. The topological polar surface area (TPSA) is 53.9 Å². The summed E-state index contributed by atoms with van der Waals surface area (Å²) in [6, 6.07) is 6.74. The Kier molecular flexibility index (Phi) is 27.8. The third kappa shape index (κ3) is 17.7. The summed E-state index contributed by atoms with van der Waals surface area (Å²) in [7, 11) is 0. The minimum atomic E-state index is -0.546. The molecule has 2 fully saturated rings. The molecule has 0 spiro atoms. The lowest BCUT2D eigenvalue weighted by molar-refractivity contribution is -0.124. The second kappa shape index (κ2) is 30.5. The Morgan fingerprint density at radius 1 is 1.00 bits per heavy atom. The molecule has 1 saturated carbocycles.